The van der Waals surface area contributed by atoms with Gasteiger partial charge in [0.15, 0.2) is 11.0 Å². The number of aromatic nitrogens is 4. The minimum atomic E-state index is -0.00955. The van der Waals surface area contributed by atoms with E-state index in [-0.39, 0.29) is 5.91 Å². The molecule has 25 heavy (non-hydrogen) atoms. The van der Waals surface area contributed by atoms with Crippen molar-refractivity contribution in [3.8, 4) is 11.4 Å². The number of pyridine rings is 1. The predicted octanol–water partition coefficient (Wildman–Crippen LogP) is 2.62. The van der Waals surface area contributed by atoms with Crippen molar-refractivity contribution in [3.63, 3.8) is 0 Å². The van der Waals surface area contributed by atoms with Crippen LogP contribution in [0.2, 0.25) is 0 Å². The Morgan fingerprint density at radius 1 is 1.16 bits per heavy atom. The van der Waals surface area contributed by atoms with Gasteiger partial charge in [-0.15, -0.1) is 10.2 Å². The van der Waals surface area contributed by atoms with Crippen LogP contribution in [0.5, 0.6) is 0 Å². The van der Waals surface area contributed by atoms with Gasteiger partial charge in [-0.3, -0.25) is 14.3 Å². The lowest BCUT2D eigenvalue weighted by Crippen LogP contribution is -2.24. The van der Waals surface area contributed by atoms with Gasteiger partial charge in [-0.1, -0.05) is 42.1 Å². The van der Waals surface area contributed by atoms with Crippen molar-refractivity contribution in [3.05, 3.63) is 60.4 Å². The molecule has 0 saturated heterocycles. The summed E-state index contributed by atoms with van der Waals surface area (Å²) in [6, 6.07) is 13.9. The molecule has 0 aliphatic heterocycles. The number of thioether (sulfide) groups is 1. The van der Waals surface area contributed by atoms with Crippen molar-refractivity contribution in [2.45, 2.75) is 18.6 Å². The zero-order valence-corrected chi connectivity index (χ0v) is 14.7. The van der Waals surface area contributed by atoms with Crippen molar-refractivity contribution < 1.29 is 4.79 Å². The summed E-state index contributed by atoms with van der Waals surface area (Å²) in [5.41, 5.74) is 2.04. The first kappa shape index (κ1) is 17.2. The van der Waals surface area contributed by atoms with E-state index in [2.05, 4.69) is 32.6 Å². The molecule has 0 aliphatic carbocycles. The molecule has 7 heteroatoms. The Bertz CT molecular complexity index is 820. The highest BCUT2D eigenvalue weighted by Crippen LogP contribution is 2.24. The van der Waals surface area contributed by atoms with Gasteiger partial charge in [-0.05, 0) is 24.6 Å². The minimum Gasteiger partial charge on any atom is -0.356 e. The fourth-order valence-corrected chi connectivity index (χ4v) is 3.16. The van der Waals surface area contributed by atoms with Gasteiger partial charge in [0.25, 0.3) is 0 Å². The fraction of sp³-hybridized carbons (Fsp3) is 0.222. The molecule has 0 unspecified atom stereocenters. The molecule has 0 spiro atoms. The number of nitrogens with one attached hydrogen (secondary N) is 1. The Morgan fingerprint density at radius 2 is 2.00 bits per heavy atom. The maximum atomic E-state index is 11.8. The van der Waals surface area contributed by atoms with Crippen molar-refractivity contribution in [1.82, 2.24) is 25.1 Å². The van der Waals surface area contributed by atoms with Crippen LogP contribution in [0.15, 0.2) is 60.0 Å². The molecular formula is C18H19N5OS. The number of amides is 1. The molecule has 3 rings (SSSR count). The van der Waals surface area contributed by atoms with E-state index in [0.29, 0.717) is 24.0 Å². The average Bonchev–Trinajstić information content (AvgIpc) is 3.04. The summed E-state index contributed by atoms with van der Waals surface area (Å²) < 4.78 is 2.02. The van der Waals surface area contributed by atoms with Crippen LogP contribution in [-0.2, 0) is 11.3 Å². The van der Waals surface area contributed by atoms with Crippen LogP contribution in [0.1, 0.15) is 12.5 Å². The van der Waals surface area contributed by atoms with Gasteiger partial charge >= 0.3 is 0 Å². The van der Waals surface area contributed by atoms with Crippen LogP contribution in [0.25, 0.3) is 11.4 Å². The van der Waals surface area contributed by atoms with Gasteiger partial charge in [-0.2, -0.15) is 0 Å². The highest BCUT2D eigenvalue weighted by Gasteiger charge is 2.16. The van der Waals surface area contributed by atoms with Crippen molar-refractivity contribution in [2.75, 3.05) is 12.3 Å². The van der Waals surface area contributed by atoms with Gasteiger partial charge < -0.3 is 5.32 Å². The van der Waals surface area contributed by atoms with Crippen LogP contribution < -0.4 is 5.32 Å². The number of rotatable bonds is 7. The van der Waals surface area contributed by atoms with Crippen LogP contribution >= 0.6 is 11.8 Å². The quantitative estimate of drug-likeness (QED) is 0.661. The summed E-state index contributed by atoms with van der Waals surface area (Å²) in [6.07, 6.45) is 3.50. The number of hydrogen-bond acceptors (Lipinski definition) is 5. The largest absolute Gasteiger partial charge is 0.356 e. The molecule has 0 radical (unpaired) electrons. The van der Waals surface area contributed by atoms with Crippen molar-refractivity contribution in [1.29, 1.82) is 0 Å². The van der Waals surface area contributed by atoms with Gasteiger partial charge in [-0.25, -0.2) is 0 Å². The summed E-state index contributed by atoms with van der Waals surface area (Å²) in [7, 11) is 0. The van der Waals surface area contributed by atoms with Crippen LogP contribution in [0, 0.1) is 0 Å². The lowest BCUT2D eigenvalue weighted by molar-refractivity contribution is -0.118. The summed E-state index contributed by atoms with van der Waals surface area (Å²) >= 11 is 1.39. The molecule has 2 heterocycles. The number of carbonyl (C=O) groups is 1. The van der Waals surface area contributed by atoms with Gasteiger partial charge in [0.1, 0.15) is 0 Å². The Hall–Kier alpha value is -2.67. The van der Waals surface area contributed by atoms with Crippen LogP contribution in [0.3, 0.4) is 0 Å². The van der Waals surface area contributed by atoms with Crippen LogP contribution in [-0.4, -0.2) is 38.0 Å². The number of benzene rings is 1. The van der Waals surface area contributed by atoms with Gasteiger partial charge in [0.05, 0.1) is 12.3 Å². The first-order chi connectivity index (χ1) is 12.3. The molecule has 6 nitrogen and oxygen atoms in total. The minimum absolute atomic E-state index is 0.00955. The smallest absolute Gasteiger partial charge is 0.230 e. The lowest BCUT2D eigenvalue weighted by atomic mass is 10.2. The first-order valence-corrected chi connectivity index (χ1v) is 9.03. The normalized spacial score (nSPS) is 10.6. The number of carbonyl (C=O) groups excluding carboxylic acids is 1. The van der Waals surface area contributed by atoms with E-state index in [1.54, 1.807) is 12.4 Å². The summed E-state index contributed by atoms with van der Waals surface area (Å²) in [4.78, 5) is 15.9. The SMILES string of the molecule is CCNC(=O)CSc1nnc(-c2cccnc2)n1Cc1ccccc1. The molecule has 0 atom stereocenters. The molecule has 0 aliphatic rings. The Kier molecular flexibility index (Phi) is 5.79. The zero-order valence-electron chi connectivity index (χ0n) is 13.9. The van der Waals surface area contributed by atoms with Crippen molar-refractivity contribution in [2.24, 2.45) is 0 Å². The highest BCUT2D eigenvalue weighted by atomic mass is 32.2. The lowest BCUT2D eigenvalue weighted by Gasteiger charge is -2.10. The van der Waals surface area contributed by atoms with E-state index in [1.807, 2.05) is 41.8 Å². The molecule has 2 aromatic heterocycles. The molecule has 1 amide bonds. The fourth-order valence-electron chi connectivity index (χ4n) is 2.39. The molecule has 128 valence electrons. The van der Waals surface area contributed by atoms with E-state index in [4.69, 9.17) is 0 Å². The second-order valence-corrected chi connectivity index (χ2v) is 6.30. The Balaban J connectivity index is 1.89. The summed E-state index contributed by atoms with van der Waals surface area (Å²) in [6.45, 7) is 3.16. The van der Waals surface area contributed by atoms with E-state index in [0.717, 1.165) is 17.0 Å². The topological polar surface area (TPSA) is 72.7 Å². The third-order valence-corrected chi connectivity index (χ3v) is 4.49. The molecule has 0 fully saturated rings. The van der Waals surface area contributed by atoms with Crippen molar-refractivity contribution >= 4 is 17.7 Å². The molecule has 0 bridgehead atoms. The molecule has 1 N–H and O–H groups in total. The maximum absolute atomic E-state index is 11.8. The standard InChI is InChI=1S/C18H19N5OS/c1-2-20-16(24)13-25-18-22-21-17(15-9-6-10-19-11-15)23(18)12-14-7-4-3-5-8-14/h3-11H,2,12-13H2,1H3,(H,20,24). The zero-order chi connectivity index (χ0) is 17.5. The van der Waals surface area contributed by atoms with Gasteiger partial charge in [0.2, 0.25) is 5.91 Å². The van der Waals surface area contributed by atoms with Gasteiger partial charge in [0, 0.05) is 24.5 Å². The monoisotopic (exact) mass is 353 g/mol. The average molecular weight is 353 g/mol. The second kappa shape index (κ2) is 8.43. The maximum Gasteiger partial charge on any atom is 0.230 e. The molecule has 3 aromatic rings. The molecular weight excluding hydrogens is 334 g/mol. The van der Waals surface area contributed by atoms with E-state index in [9.17, 15) is 4.79 Å². The summed E-state index contributed by atoms with van der Waals surface area (Å²) in [5.74, 6) is 1.05. The molecule has 1 aromatic carbocycles. The predicted molar refractivity (Wildman–Crippen MR) is 98.2 cm³/mol. The Morgan fingerprint density at radius 3 is 2.72 bits per heavy atom. The van der Waals surface area contributed by atoms with E-state index < -0.39 is 0 Å². The number of nitrogens with zero attached hydrogens (tertiary/aromatic N) is 4. The third-order valence-electron chi connectivity index (χ3n) is 3.53. The number of hydrogen-bond donors (Lipinski definition) is 1. The third kappa shape index (κ3) is 4.45. The second-order valence-electron chi connectivity index (χ2n) is 5.36. The first-order valence-electron chi connectivity index (χ1n) is 8.05. The van der Waals surface area contributed by atoms with E-state index >= 15 is 0 Å². The highest BCUT2D eigenvalue weighted by molar-refractivity contribution is 7.99. The summed E-state index contributed by atoms with van der Waals surface area (Å²) in [5, 5.41) is 12.1. The Labute approximate surface area is 150 Å². The van der Waals surface area contributed by atoms with E-state index in [1.165, 1.54) is 11.8 Å². The van der Waals surface area contributed by atoms with Crippen LogP contribution in [0.4, 0.5) is 0 Å². The molecule has 0 saturated carbocycles.